The molecule has 0 aromatic carbocycles. The molecule has 0 amide bonds. The van der Waals surface area contributed by atoms with E-state index in [9.17, 15) is 4.79 Å². The Hall–Kier alpha value is 0.120. The summed E-state index contributed by atoms with van der Waals surface area (Å²) >= 11 is 2.25. The summed E-state index contributed by atoms with van der Waals surface area (Å²) in [6, 6.07) is 0. The molecule has 76 valence electrons. The number of hydrogen-bond acceptors (Lipinski definition) is 4. The molecular weight excluding hydrogens is 287 g/mol. The molecule has 1 unspecified atom stereocenters. The second-order valence-electron chi connectivity index (χ2n) is 2.85. The fourth-order valence-corrected chi connectivity index (χ4v) is 1.57. The van der Waals surface area contributed by atoms with Crippen LogP contribution in [0.15, 0.2) is 0 Å². The van der Waals surface area contributed by atoms with Crippen molar-refractivity contribution in [3.63, 3.8) is 0 Å². The van der Waals surface area contributed by atoms with E-state index in [0.29, 0.717) is 13.2 Å². The number of carbonyl (C=O) groups is 1. The number of esters is 1. The van der Waals surface area contributed by atoms with Crippen molar-refractivity contribution < 1.29 is 19.0 Å². The number of carbonyl (C=O) groups excluding carboxylic acids is 1. The van der Waals surface area contributed by atoms with Gasteiger partial charge >= 0.3 is 5.97 Å². The van der Waals surface area contributed by atoms with Gasteiger partial charge in [-0.05, 0) is 0 Å². The van der Waals surface area contributed by atoms with Crippen LogP contribution in [0.1, 0.15) is 6.42 Å². The van der Waals surface area contributed by atoms with E-state index >= 15 is 0 Å². The highest BCUT2D eigenvalue weighted by molar-refractivity contribution is 14.1. The van der Waals surface area contributed by atoms with E-state index in [4.69, 9.17) is 9.47 Å². The highest BCUT2D eigenvalue weighted by Gasteiger charge is 2.23. The average molecular weight is 300 g/mol. The van der Waals surface area contributed by atoms with Gasteiger partial charge in [0.15, 0.2) is 0 Å². The molecular formula is C8H13IO4. The van der Waals surface area contributed by atoms with Crippen LogP contribution in [-0.4, -0.2) is 42.9 Å². The molecule has 0 spiro atoms. The van der Waals surface area contributed by atoms with Crippen LogP contribution in [0.25, 0.3) is 0 Å². The van der Waals surface area contributed by atoms with Crippen LogP contribution in [0.2, 0.25) is 0 Å². The minimum absolute atomic E-state index is 0.133. The number of hydrogen-bond donors (Lipinski definition) is 0. The largest absolute Gasteiger partial charge is 0.469 e. The van der Waals surface area contributed by atoms with Crippen LogP contribution in [-0.2, 0) is 19.0 Å². The molecule has 0 aliphatic carbocycles. The minimum Gasteiger partial charge on any atom is -0.469 e. The lowest BCUT2D eigenvalue weighted by molar-refractivity contribution is -0.155. The first kappa shape index (κ1) is 11.2. The van der Waals surface area contributed by atoms with Gasteiger partial charge in [0.2, 0.25) is 0 Å². The summed E-state index contributed by atoms with van der Waals surface area (Å²) in [5.41, 5.74) is 0. The maximum atomic E-state index is 10.9. The van der Waals surface area contributed by atoms with Crippen molar-refractivity contribution in [3.05, 3.63) is 0 Å². The van der Waals surface area contributed by atoms with E-state index in [-0.39, 0.29) is 24.6 Å². The Morgan fingerprint density at radius 2 is 2.08 bits per heavy atom. The molecule has 13 heavy (non-hydrogen) atoms. The van der Waals surface area contributed by atoms with Gasteiger partial charge in [0, 0.05) is 4.43 Å². The van der Waals surface area contributed by atoms with Crippen LogP contribution in [0.5, 0.6) is 0 Å². The molecule has 1 fully saturated rings. The summed E-state index contributed by atoms with van der Waals surface area (Å²) in [5.74, 6) is -0.249. The maximum absolute atomic E-state index is 10.9. The lowest BCUT2D eigenvalue weighted by Crippen LogP contribution is -2.37. The van der Waals surface area contributed by atoms with Crippen molar-refractivity contribution >= 4 is 28.6 Å². The van der Waals surface area contributed by atoms with E-state index in [1.54, 1.807) is 0 Å². The SMILES string of the molecule is COC(=O)C[C@H]1COC(CI)CO1. The Kier molecular flexibility index (Phi) is 4.97. The molecule has 1 heterocycles. The fraction of sp³-hybridized carbons (Fsp3) is 0.875. The highest BCUT2D eigenvalue weighted by atomic mass is 127. The van der Waals surface area contributed by atoms with E-state index < -0.39 is 0 Å². The van der Waals surface area contributed by atoms with Gasteiger partial charge in [0.05, 0.1) is 39.0 Å². The van der Waals surface area contributed by atoms with Crippen molar-refractivity contribution in [2.75, 3.05) is 24.8 Å². The first-order chi connectivity index (χ1) is 6.26. The van der Waals surface area contributed by atoms with Crippen LogP contribution < -0.4 is 0 Å². The second-order valence-corrected chi connectivity index (χ2v) is 3.73. The summed E-state index contributed by atoms with van der Waals surface area (Å²) in [6.07, 6.45) is 0.325. The molecule has 0 radical (unpaired) electrons. The molecule has 5 heteroatoms. The molecule has 0 aromatic heterocycles. The Morgan fingerprint density at radius 1 is 1.46 bits per heavy atom. The van der Waals surface area contributed by atoms with Gasteiger partial charge in [0.25, 0.3) is 0 Å². The number of ether oxygens (including phenoxy) is 3. The fourth-order valence-electron chi connectivity index (χ4n) is 1.06. The third-order valence-corrected chi connectivity index (χ3v) is 2.81. The summed E-state index contributed by atoms with van der Waals surface area (Å²) in [7, 11) is 1.37. The van der Waals surface area contributed by atoms with E-state index in [1.807, 2.05) is 0 Å². The standard InChI is InChI=1S/C8H13IO4/c1-11-8(10)2-6-4-13-7(3-9)5-12-6/h6-7H,2-5H2,1H3/t6-,7?/m0/s1. The molecule has 2 atom stereocenters. The smallest absolute Gasteiger partial charge is 0.308 e. The first-order valence-corrected chi connectivity index (χ1v) is 5.64. The van der Waals surface area contributed by atoms with Crippen LogP contribution >= 0.6 is 22.6 Å². The summed E-state index contributed by atoms with van der Waals surface area (Å²) in [5, 5.41) is 0. The van der Waals surface area contributed by atoms with Gasteiger partial charge in [-0.1, -0.05) is 22.6 Å². The summed E-state index contributed by atoms with van der Waals surface area (Å²) in [4.78, 5) is 10.9. The Labute approximate surface area is 91.1 Å². The molecule has 0 N–H and O–H groups in total. The zero-order valence-corrected chi connectivity index (χ0v) is 9.65. The lowest BCUT2D eigenvalue weighted by atomic mass is 10.2. The molecule has 1 aliphatic heterocycles. The van der Waals surface area contributed by atoms with Crippen LogP contribution in [0.3, 0.4) is 0 Å². The monoisotopic (exact) mass is 300 g/mol. The van der Waals surface area contributed by atoms with Crippen molar-refractivity contribution in [2.24, 2.45) is 0 Å². The van der Waals surface area contributed by atoms with Crippen molar-refractivity contribution in [1.82, 2.24) is 0 Å². The third kappa shape index (κ3) is 3.78. The highest BCUT2D eigenvalue weighted by Crippen LogP contribution is 2.12. The molecule has 4 nitrogen and oxygen atoms in total. The third-order valence-electron chi connectivity index (χ3n) is 1.83. The topological polar surface area (TPSA) is 44.8 Å². The van der Waals surface area contributed by atoms with E-state index in [1.165, 1.54) is 7.11 Å². The second kappa shape index (κ2) is 5.77. The normalized spacial score (nSPS) is 28.5. The number of methoxy groups -OCH3 is 1. The molecule has 1 rings (SSSR count). The first-order valence-electron chi connectivity index (χ1n) is 4.12. The van der Waals surface area contributed by atoms with Gasteiger partial charge in [-0.2, -0.15) is 0 Å². The van der Waals surface area contributed by atoms with Crippen molar-refractivity contribution in [3.8, 4) is 0 Å². The number of halogens is 1. The molecule has 0 aromatic rings. The molecule has 1 aliphatic rings. The maximum Gasteiger partial charge on any atom is 0.308 e. The lowest BCUT2D eigenvalue weighted by Gasteiger charge is -2.27. The molecule has 0 bridgehead atoms. The van der Waals surface area contributed by atoms with Gasteiger partial charge < -0.3 is 14.2 Å². The van der Waals surface area contributed by atoms with Gasteiger partial charge in [-0.15, -0.1) is 0 Å². The van der Waals surface area contributed by atoms with Crippen molar-refractivity contribution in [1.29, 1.82) is 0 Å². The zero-order valence-electron chi connectivity index (χ0n) is 7.49. The molecule has 1 saturated heterocycles. The Bertz CT molecular complexity index is 166. The summed E-state index contributed by atoms with van der Waals surface area (Å²) in [6.45, 7) is 1.06. The van der Waals surface area contributed by atoms with E-state index in [2.05, 4.69) is 27.3 Å². The minimum atomic E-state index is -0.249. The van der Waals surface area contributed by atoms with Crippen LogP contribution in [0, 0.1) is 0 Å². The van der Waals surface area contributed by atoms with Gasteiger partial charge in [0.1, 0.15) is 0 Å². The quantitative estimate of drug-likeness (QED) is 0.439. The predicted molar refractivity (Wildman–Crippen MR) is 55.0 cm³/mol. The number of alkyl halides is 1. The Balaban J connectivity index is 2.21. The van der Waals surface area contributed by atoms with Crippen LogP contribution in [0.4, 0.5) is 0 Å². The zero-order chi connectivity index (χ0) is 9.68. The van der Waals surface area contributed by atoms with Gasteiger partial charge in [-0.25, -0.2) is 0 Å². The summed E-state index contributed by atoms with van der Waals surface area (Å²) < 4.78 is 16.3. The van der Waals surface area contributed by atoms with Gasteiger partial charge in [-0.3, -0.25) is 4.79 Å². The molecule has 0 saturated carbocycles. The average Bonchev–Trinajstić information content (AvgIpc) is 2.19. The van der Waals surface area contributed by atoms with E-state index in [0.717, 1.165) is 4.43 Å². The van der Waals surface area contributed by atoms with Crippen molar-refractivity contribution in [2.45, 2.75) is 18.6 Å². The Morgan fingerprint density at radius 3 is 2.54 bits per heavy atom. The predicted octanol–water partition coefficient (Wildman–Crippen LogP) is 0.768. The number of rotatable bonds is 3.